The van der Waals surface area contributed by atoms with Crippen LogP contribution in [0, 0.1) is 0 Å². The van der Waals surface area contributed by atoms with Gasteiger partial charge in [-0.3, -0.25) is 4.79 Å². The number of hydrogen-bond donors (Lipinski definition) is 2. The Kier molecular flexibility index (Phi) is 6.44. The highest BCUT2D eigenvalue weighted by molar-refractivity contribution is 6.31. The Balaban J connectivity index is 2.05. The molecule has 4 nitrogen and oxygen atoms in total. The van der Waals surface area contributed by atoms with Crippen LogP contribution in [0.2, 0.25) is 5.02 Å². The molecule has 122 valence electrons. The number of benzene rings is 2. The van der Waals surface area contributed by atoms with Crippen molar-refractivity contribution < 1.29 is 14.4 Å². The number of carbonyl (C=O) groups excluding carboxylic acids is 1. The van der Waals surface area contributed by atoms with Gasteiger partial charge in [-0.05, 0) is 23.8 Å². The van der Waals surface area contributed by atoms with Gasteiger partial charge in [0.2, 0.25) is 0 Å². The summed E-state index contributed by atoms with van der Waals surface area (Å²) in [6.45, 7) is 1.86. The summed E-state index contributed by atoms with van der Waals surface area (Å²) in [6.07, 6.45) is 0. The van der Waals surface area contributed by atoms with E-state index in [2.05, 4.69) is 5.32 Å². The molecular formula is C18H22ClN2O2+. The second-order valence-electron chi connectivity index (χ2n) is 5.63. The predicted molar refractivity (Wildman–Crippen MR) is 92.2 cm³/mol. The lowest BCUT2D eigenvalue weighted by Crippen LogP contribution is -3.06. The largest absolute Gasteiger partial charge is 0.488 e. The average molecular weight is 334 g/mol. The van der Waals surface area contributed by atoms with E-state index < -0.39 is 0 Å². The monoisotopic (exact) mass is 333 g/mol. The Morgan fingerprint density at radius 1 is 1.17 bits per heavy atom. The molecule has 0 radical (unpaired) electrons. The molecule has 2 N–H and O–H groups in total. The van der Waals surface area contributed by atoms with Crippen molar-refractivity contribution in [3.8, 4) is 5.75 Å². The Labute approximate surface area is 142 Å². The second-order valence-corrected chi connectivity index (χ2v) is 6.06. The molecule has 2 aromatic rings. The first kappa shape index (κ1) is 17.3. The summed E-state index contributed by atoms with van der Waals surface area (Å²) in [4.78, 5) is 13.6. The Bertz CT molecular complexity index is 645. The Morgan fingerprint density at radius 3 is 2.61 bits per heavy atom. The fourth-order valence-electron chi connectivity index (χ4n) is 2.06. The van der Waals surface area contributed by atoms with Gasteiger partial charge in [-0.2, -0.15) is 0 Å². The zero-order valence-corrected chi connectivity index (χ0v) is 14.2. The van der Waals surface area contributed by atoms with E-state index in [1.807, 2.05) is 44.4 Å². The van der Waals surface area contributed by atoms with Gasteiger partial charge in [0, 0.05) is 5.02 Å². The molecule has 23 heavy (non-hydrogen) atoms. The first-order chi connectivity index (χ1) is 11.1. The van der Waals surface area contributed by atoms with E-state index >= 15 is 0 Å². The summed E-state index contributed by atoms with van der Waals surface area (Å²) in [6, 6.07) is 14.9. The van der Waals surface area contributed by atoms with Crippen LogP contribution in [0.4, 0.5) is 0 Å². The molecule has 0 saturated heterocycles. The van der Waals surface area contributed by atoms with Gasteiger partial charge in [-0.1, -0.05) is 41.9 Å². The van der Waals surface area contributed by atoms with Crippen LogP contribution >= 0.6 is 11.6 Å². The van der Waals surface area contributed by atoms with Gasteiger partial charge in [0.1, 0.15) is 12.4 Å². The summed E-state index contributed by atoms with van der Waals surface area (Å²) >= 11 is 6.02. The van der Waals surface area contributed by atoms with Gasteiger partial charge >= 0.3 is 0 Å². The summed E-state index contributed by atoms with van der Waals surface area (Å²) in [5, 5.41) is 3.41. The van der Waals surface area contributed by atoms with E-state index in [4.69, 9.17) is 16.3 Å². The molecule has 0 bridgehead atoms. The standard InChI is InChI=1S/C18H21ClN2O2/c1-21(2)11-10-20-18(22)16-12-15(19)8-9-17(16)23-13-14-6-4-3-5-7-14/h3-9,12H,10-11,13H2,1-2H3,(H,20,22)/p+1. The van der Waals surface area contributed by atoms with E-state index in [0.717, 1.165) is 12.1 Å². The third-order valence-corrected chi connectivity index (χ3v) is 3.57. The number of likely N-dealkylation sites (N-methyl/N-ethyl adjacent to an activating group) is 1. The van der Waals surface area contributed by atoms with E-state index in [-0.39, 0.29) is 5.91 Å². The van der Waals surface area contributed by atoms with Gasteiger partial charge in [0.15, 0.2) is 0 Å². The third-order valence-electron chi connectivity index (χ3n) is 3.33. The summed E-state index contributed by atoms with van der Waals surface area (Å²) < 4.78 is 5.80. The minimum absolute atomic E-state index is 0.170. The quantitative estimate of drug-likeness (QED) is 0.811. The number of rotatable bonds is 7. The fourth-order valence-corrected chi connectivity index (χ4v) is 2.23. The van der Waals surface area contributed by atoms with Gasteiger partial charge in [-0.25, -0.2) is 0 Å². The molecule has 0 spiro atoms. The van der Waals surface area contributed by atoms with Crippen LogP contribution < -0.4 is 15.0 Å². The molecule has 0 aliphatic carbocycles. The van der Waals surface area contributed by atoms with E-state index in [1.165, 1.54) is 4.90 Å². The molecule has 2 rings (SSSR count). The van der Waals surface area contributed by atoms with Gasteiger partial charge in [0.05, 0.1) is 32.7 Å². The molecule has 0 saturated carbocycles. The predicted octanol–water partition coefficient (Wildman–Crippen LogP) is 1.79. The zero-order valence-electron chi connectivity index (χ0n) is 13.4. The van der Waals surface area contributed by atoms with Crippen molar-refractivity contribution in [1.29, 1.82) is 0 Å². The number of carbonyl (C=O) groups is 1. The van der Waals surface area contributed by atoms with Crippen molar-refractivity contribution in [1.82, 2.24) is 5.32 Å². The molecule has 0 aliphatic heterocycles. The van der Waals surface area contributed by atoms with E-state index in [0.29, 0.717) is 29.5 Å². The molecular weight excluding hydrogens is 312 g/mol. The number of ether oxygens (including phenoxy) is 1. The maximum atomic E-state index is 12.4. The summed E-state index contributed by atoms with van der Waals surface area (Å²) in [5.74, 6) is 0.366. The van der Waals surface area contributed by atoms with E-state index in [1.54, 1.807) is 18.2 Å². The smallest absolute Gasteiger partial charge is 0.255 e. The molecule has 0 aliphatic rings. The lowest BCUT2D eigenvalue weighted by molar-refractivity contribution is -0.856. The number of nitrogens with one attached hydrogen (secondary N) is 2. The minimum Gasteiger partial charge on any atom is -0.488 e. The van der Waals surface area contributed by atoms with Crippen LogP contribution in [-0.2, 0) is 6.61 Å². The molecule has 0 atom stereocenters. The van der Waals surface area contributed by atoms with Crippen molar-refractivity contribution in [2.45, 2.75) is 6.61 Å². The van der Waals surface area contributed by atoms with Crippen LogP contribution in [0.1, 0.15) is 15.9 Å². The molecule has 5 heteroatoms. The summed E-state index contributed by atoms with van der Waals surface area (Å²) in [7, 11) is 4.08. The van der Waals surface area contributed by atoms with Crippen molar-refractivity contribution in [2.24, 2.45) is 0 Å². The van der Waals surface area contributed by atoms with Gasteiger partial charge < -0.3 is 15.0 Å². The van der Waals surface area contributed by atoms with Gasteiger partial charge in [-0.15, -0.1) is 0 Å². The highest BCUT2D eigenvalue weighted by Gasteiger charge is 2.13. The molecule has 0 fully saturated rings. The van der Waals surface area contributed by atoms with Crippen molar-refractivity contribution in [3.63, 3.8) is 0 Å². The molecule has 0 aromatic heterocycles. The first-order valence-electron chi connectivity index (χ1n) is 7.60. The molecule has 1 amide bonds. The highest BCUT2D eigenvalue weighted by atomic mass is 35.5. The normalized spacial score (nSPS) is 10.6. The second kappa shape index (κ2) is 8.56. The number of quaternary nitrogens is 1. The van der Waals surface area contributed by atoms with Crippen LogP contribution in [-0.4, -0.2) is 33.1 Å². The first-order valence-corrected chi connectivity index (χ1v) is 7.97. The SMILES string of the molecule is C[NH+](C)CCNC(=O)c1cc(Cl)ccc1OCc1ccccc1. The Morgan fingerprint density at radius 2 is 1.91 bits per heavy atom. The maximum absolute atomic E-state index is 12.4. The number of hydrogen-bond acceptors (Lipinski definition) is 2. The topological polar surface area (TPSA) is 42.8 Å². The van der Waals surface area contributed by atoms with Crippen molar-refractivity contribution in [3.05, 3.63) is 64.7 Å². The maximum Gasteiger partial charge on any atom is 0.255 e. The number of amides is 1. The molecule has 2 aromatic carbocycles. The minimum atomic E-state index is -0.170. The lowest BCUT2D eigenvalue weighted by atomic mass is 10.2. The number of halogens is 1. The van der Waals surface area contributed by atoms with Crippen LogP contribution in [0.5, 0.6) is 5.75 Å². The van der Waals surface area contributed by atoms with Gasteiger partial charge in [0.25, 0.3) is 5.91 Å². The Hall–Kier alpha value is -2.04. The third kappa shape index (κ3) is 5.58. The molecule has 0 unspecified atom stereocenters. The van der Waals surface area contributed by atoms with Crippen molar-refractivity contribution in [2.75, 3.05) is 27.2 Å². The summed E-state index contributed by atoms with van der Waals surface area (Å²) in [5.41, 5.74) is 1.51. The average Bonchev–Trinajstić information content (AvgIpc) is 2.54. The van der Waals surface area contributed by atoms with Crippen molar-refractivity contribution >= 4 is 17.5 Å². The highest BCUT2D eigenvalue weighted by Crippen LogP contribution is 2.23. The lowest BCUT2D eigenvalue weighted by Gasteiger charge is -2.13. The van der Waals surface area contributed by atoms with Crippen LogP contribution in [0.3, 0.4) is 0 Å². The van der Waals surface area contributed by atoms with E-state index in [9.17, 15) is 4.79 Å². The zero-order chi connectivity index (χ0) is 16.7. The fraction of sp³-hybridized carbons (Fsp3) is 0.278. The van der Waals surface area contributed by atoms with Crippen LogP contribution in [0.15, 0.2) is 48.5 Å². The van der Waals surface area contributed by atoms with Crippen LogP contribution in [0.25, 0.3) is 0 Å². The molecule has 0 heterocycles.